The SMILES string of the molecule is Nc1nc2cc(C[C@@H]3CC[C@@]4(O)[C@@H]3OC(n3ccc5c(N)ncnc53)[C@@H]4O)ccc2cc1C(F)(F)F. The molecule has 0 spiro atoms. The zero-order valence-corrected chi connectivity index (χ0v) is 18.9. The van der Waals surface area contributed by atoms with Crippen LogP contribution in [-0.2, 0) is 17.3 Å². The quantitative estimate of drug-likeness (QED) is 0.336. The maximum atomic E-state index is 13.2. The molecule has 188 valence electrons. The number of pyridine rings is 1. The van der Waals surface area contributed by atoms with Crippen LogP contribution in [0.4, 0.5) is 24.8 Å². The van der Waals surface area contributed by atoms with Crippen LogP contribution >= 0.6 is 0 Å². The van der Waals surface area contributed by atoms with Gasteiger partial charge < -0.3 is 31.0 Å². The molecule has 4 heterocycles. The lowest BCUT2D eigenvalue weighted by Gasteiger charge is -2.26. The number of anilines is 2. The van der Waals surface area contributed by atoms with Crippen molar-refractivity contribution in [2.24, 2.45) is 5.92 Å². The molecule has 3 aromatic heterocycles. The summed E-state index contributed by atoms with van der Waals surface area (Å²) in [4.78, 5) is 12.2. The largest absolute Gasteiger partial charge is 0.419 e. The zero-order chi connectivity index (χ0) is 25.4. The van der Waals surface area contributed by atoms with Gasteiger partial charge >= 0.3 is 6.18 Å². The Bertz CT molecular complexity index is 1490. The molecule has 12 heteroatoms. The van der Waals surface area contributed by atoms with E-state index in [1.807, 2.05) is 0 Å². The molecule has 1 saturated carbocycles. The van der Waals surface area contributed by atoms with E-state index in [9.17, 15) is 23.4 Å². The summed E-state index contributed by atoms with van der Waals surface area (Å²) in [6.45, 7) is 0. The number of alkyl halides is 3. The fourth-order valence-electron chi connectivity index (χ4n) is 5.64. The second-order valence-electron chi connectivity index (χ2n) is 9.55. The van der Waals surface area contributed by atoms with Crippen molar-refractivity contribution in [3.8, 4) is 0 Å². The smallest absolute Gasteiger partial charge is 0.385 e. The van der Waals surface area contributed by atoms with Crippen LogP contribution in [0.2, 0.25) is 0 Å². The molecule has 0 radical (unpaired) electrons. The minimum atomic E-state index is -4.59. The van der Waals surface area contributed by atoms with Crippen molar-refractivity contribution >= 4 is 33.6 Å². The Morgan fingerprint density at radius 2 is 1.94 bits per heavy atom. The molecule has 2 aliphatic rings. The van der Waals surface area contributed by atoms with Crippen molar-refractivity contribution in [3.63, 3.8) is 0 Å². The van der Waals surface area contributed by atoms with E-state index in [4.69, 9.17) is 16.2 Å². The van der Waals surface area contributed by atoms with Crippen LogP contribution in [-0.4, -0.2) is 47.5 Å². The first kappa shape index (κ1) is 23.0. The Kier molecular flexibility index (Phi) is 4.95. The van der Waals surface area contributed by atoms with Crippen LogP contribution < -0.4 is 11.5 Å². The highest BCUT2D eigenvalue weighted by atomic mass is 19.4. The van der Waals surface area contributed by atoms with E-state index in [0.29, 0.717) is 47.0 Å². The van der Waals surface area contributed by atoms with Gasteiger partial charge in [-0.05, 0) is 48.9 Å². The average molecular weight is 500 g/mol. The van der Waals surface area contributed by atoms with Gasteiger partial charge in [0.15, 0.2) is 6.23 Å². The first-order valence-electron chi connectivity index (χ1n) is 11.5. The van der Waals surface area contributed by atoms with E-state index in [-0.39, 0.29) is 5.92 Å². The zero-order valence-electron chi connectivity index (χ0n) is 18.9. The molecule has 0 bridgehead atoms. The van der Waals surface area contributed by atoms with Crippen LogP contribution in [0.15, 0.2) is 42.9 Å². The standard InChI is InChI=1S/C24H23F3N6O3/c25-24(26,27)15-9-12-2-1-11(8-16(12)32-20(15)29)7-13-3-5-23(35)17(34)22(36-18(13)23)33-6-4-14-19(28)30-10-31-21(14)33/h1-2,4,6,8-10,13,17-18,22,34-35H,3,5,7H2,(H2,29,32)(H2,28,30,31)/t13-,17-,18+,22?,23-/m0/s1. The van der Waals surface area contributed by atoms with Gasteiger partial charge in [-0.2, -0.15) is 13.2 Å². The molecule has 1 saturated heterocycles. The molecule has 6 N–H and O–H groups in total. The summed E-state index contributed by atoms with van der Waals surface area (Å²) in [5.74, 6) is -0.410. The molecular formula is C24H23F3N6O3. The molecule has 9 nitrogen and oxygen atoms in total. The van der Waals surface area contributed by atoms with Gasteiger partial charge in [-0.15, -0.1) is 0 Å². The Labute approximate surface area is 202 Å². The number of halogens is 3. The third-order valence-electron chi connectivity index (χ3n) is 7.43. The van der Waals surface area contributed by atoms with E-state index in [1.165, 1.54) is 6.33 Å². The summed E-state index contributed by atoms with van der Waals surface area (Å²) >= 11 is 0. The fourth-order valence-corrected chi connectivity index (χ4v) is 5.64. The van der Waals surface area contributed by atoms with Gasteiger partial charge in [0.2, 0.25) is 0 Å². The van der Waals surface area contributed by atoms with Crippen LogP contribution in [0, 0.1) is 5.92 Å². The number of benzene rings is 1. The number of ether oxygens (including phenoxy) is 1. The lowest BCUT2D eigenvalue weighted by Crippen LogP contribution is -2.45. The maximum absolute atomic E-state index is 13.2. The molecule has 36 heavy (non-hydrogen) atoms. The molecule has 1 aromatic carbocycles. The Morgan fingerprint density at radius 1 is 1.14 bits per heavy atom. The number of nitrogen functional groups attached to an aromatic ring is 2. The monoisotopic (exact) mass is 500 g/mol. The number of fused-ring (bicyclic) bond motifs is 3. The third kappa shape index (κ3) is 3.39. The van der Waals surface area contributed by atoms with E-state index in [0.717, 1.165) is 11.6 Å². The second kappa shape index (κ2) is 7.76. The molecule has 1 unspecified atom stereocenters. The molecule has 5 atom stereocenters. The number of aromatic nitrogens is 4. The topological polar surface area (TPSA) is 145 Å². The molecular weight excluding hydrogens is 477 g/mol. The van der Waals surface area contributed by atoms with Crippen LogP contribution in [0.3, 0.4) is 0 Å². The highest BCUT2D eigenvalue weighted by Gasteiger charge is 2.61. The minimum Gasteiger partial charge on any atom is -0.385 e. The molecule has 0 amide bonds. The molecule has 6 rings (SSSR count). The summed E-state index contributed by atoms with van der Waals surface area (Å²) < 4.78 is 47.4. The van der Waals surface area contributed by atoms with E-state index in [1.54, 1.807) is 35.0 Å². The number of hydrogen-bond donors (Lipinski definition) is 4. The van der Waals surface area contributed by atoms with Gasteiger partial charge in [-0.3, -0.25) is 0 Å². The van der Waals surface area contributed by atoms with Crippen molar-refractivity contribution < 1.29 is 28.1 Å². The predicted octanol–water partition coefficient (Wildman–Crippen LogP) is 2.80. The first-order valence-corrected chi connectivity index (χ1v) is 11.5. The van der Waals surface area contributed by atoms with Crippen molar-refractivity contribution in [3.05, 3.63) is 54.0 Å². The average Bonchev–Trinajstić information content (AvgIpc) is 3.45. The summed E-state index contributed by atoms with van der Waals surface area (Å²) in [6, 6.07) is 7.74. The van der Waals surface area contributed by atoms with Crippen molar-refractivity contribution in [2.75, 3.05) is 11.5 Å². The van der Waals surface area contributed by atoms with Crippen LogP contribution in [0.5, 0.6) is 0 Å². The number of hydrogen-bond acceptors (Lipinski definition) is 8. The van der Waals surface area contributed by atoms with Crippen molar-refractivity contribution in [1.29, 1.82) is 0 Å². The lowest BCUT2D eigenvalue weighted by atomic mass is 9.90. The molecule has 4 aromatic rings. The number of aliphatic hydroxyl groups excluding tert-OH is 1. The second-order valence-corrected chi connectivity index (χ2v) is 9.55. The Hall–Kier alpha value is -3.48. The van der Waals surface area contributed by atoms with Gasteiger partial charge in [-0.25, -0.2) is 15.0 Å². The van der Waals surface area contributed by atoms with E-state index < -0.39 is 41.6 Å². The third-order valence-corrected chi connectivity index (χ3v) is 7.43. The minimum absolute atomic E-state index is 0.139. The number of nitrogens with two attached hydrogens (primary N) is 2. The van der Waals surface area contributed by atoms with E-state index >= 15 is 0 Å². The number of rotatable bonds is 3. The van der Waals surface area contributed by atoms with Gasteiger partial charge in [0, 0.05) is 11.6 Å². The molecule has 1 aliphatic carbocycles. The van der Waals surface area contributed by atoms with Crippen molar-refractivity contribution in [1.82, 2.24) is 19.5 Å². The lowest BCUT2D eigenvalue weighted by molar-refractivity contribution is -0.137. The fraction of sp³-hybridized carbons (Fsp3) is 0.375. The van der Waals surface area contributed by atoms with Crippen molar-refractivity contribution in [2.45, 2.75) is 49.5 Å². The van der Waals surface area contributed by atoms with Crippen LogP contribution in [0.1, 0.15) is 30.2 Å². The summed E-state index contributed by atoms with van der Waals surface area (Å²) in [6.07, 6.45) is -2.87. The Morgan fingerprint density at radius 3 is 2.72 bits per heavy atom. The first-order chi connectivity index (χ1) is 17.1. The summed E-state index contributed by atoms with van der Waals surface area (Å²) in [7, 11) is 0. The van der Waals surface area contributed by atoms with Gasteiger partial charge in [0.25, 0.3) is 0 Å². The molecule has 1 aliphatic heterocycles. The predicted molar refractivity (Wildman–Crippen MR) is 124 cm³/mol. The highest BCUT2D eigenvalue weighted by Crippen LogP contribution is 2.50. The maximum Gasteiger partial charge on any atom is 0.419 e. The van der Waals surface area contributed by atoms with Gasteiger partial charge in [-0.1, -0.05) is 12.1 Å². The van der Waals surface area contributed by atoms with E-state index in [2.05, 4.69) is 15.0 Å². The van der Waals surface area contributed by atoms with Gasteiger partial charge in [0.05, 0.1) is 22.6 Å². The number of aliphatic hydroxyl groups is 2. The highest BCUT2D eigenvalue weighted by molar-refractivity contribution is 5.86. The van der Waals surface area contributed by atoms with Gasteiger partial charge in [0.1, 0.15) is 35.3 Å². The summed E-state index contributed by atoms with van der Waals surface area (Å²) in [5.41, 5.74) is 10.7. The number of nitrogens with zero attached hydrogens (tertiary/aromatic N) is 4. The normalized spacial score (nSPS) is 28.2. The Balaban J connectivity index is 1.28. The summed E-state index contributed by atoms with van der Waals surface area (Å²) in [5, 5.41) is 23.4. The van der Waals surface area contributed by atoms with Crippen LogP contribution in [0.25, 0.3) is 21.9 Å². The molecule has 2 fully saturated rings.